The Hall–Kier alpha value is -1.55. The number of hydrogen-bond donors (Lipinski definition) is 2. The maximum atomic E-state index is 12.2. The van der Waals surface area contributed by atoms with Gasteiger partial charge < -0.3 is 15.8 Å². The van der Waals surface area contributed by atoms with Gasteiger partial charge in [0.15, 0.2) is 0 Å². The summed E-state index contributed by atoms with van der Waals surface area (Å²) in [5.41, 5.74) is 8.66. The summed E-state index contributed by atoms with van der Waals surface area (Å²) in [5.74, 6) is 0.968. The van der Waals surface area contributed by atoms with E-state index in [1.54, 1.807) is 7.11 Å². The molecule has 1 rings (SSSR count). The average Bonchev–Trinajstić information content (AvgIpc) is 2.44. The fourth-order valence-corrected chi connectivity index (χ4v) is 2.70. The highest BCUT2D eigenvalue weighted by Gasteiger charge is 2.27. The van der Waals surface area contributed by atoms with Crippen molar-refractivity contribution in [3.05, 3.63) is 28.8 Å². The van der Waals surface area contributed by atoms with Crippen molar-refractivity contribution in [2.75, 3.05) is 20.2 Å². The molecule has 0 saturated heterocycles. The maximum absolute atomic E-state index is 12.2. The minimum Gasteiger partial charge on any atom is -0.496 e. The lowest BCUT2D eigenvalue weighted by Gasteiger charge is -2.30. The highest BCUT2D eigenvalue weighted by atomic mass is 16.5. The van der Waals surface area contributed by atoms with Crippen LogP contribution in [0.5, 0.6) is 5.75 Å². The minimum absolute atomic E-state index is 0.0355. The molecule has 1 amide bonds. The van der Waals surface area contributed by atoms with Crippen molar-refractivity contribution in [3.8, 4) is 5.75 Å². The average molecular weight is 335 g/mol. The molecule has 24 heavy (non-hydrogen) atoms. The second kappa shape index (κ2) is 8.02. The summed E-state index contributed by atoms with van der Waals surface area (Å²) in [4.78, 5) is 12.2. The Labute approximate surface area is 147 Å². The quantitative estimate of drug-likeness (QED) is 0.785. The van der Waals surface area contributed by atoms with Gasteiger partial charge in [-0.05, 0) is 29.4 Å². The Morgan fingerprint density at radius 1 is 1.08 bits per heavy atom. The van der Waals surface area contributed by atoms with Gasteiger partial charge in [0.1, 0.15) is 5.75 Å². The lowest BCUT2D eigenvalue weighted by molar-refractivity contribution is -0.120. The molecule has 0 aromatic heterocycles. The predicted molar refractivity (Wildman–Crippen MR) is 101 cm³/mol. The van der Waals surface area contributed by atoms with E-state index in [0.717, 1.165) is 28.9 Å². The van der Waals surface area contributed by atoms with Gasteiger partial charge in [-0.3, -0.25) is 4.79 Å². The summed E-state index contributed by atoms with van der Waals surface area (Å²) in [7, 11) is 1.72. The molecule has 136 valence electrons. The van der Waals surface area contributed by atoms with Gasteiger partial charge in [0, 0.05) is 17.7 Å². The summed E-state index contributed by atoms with van der Waals surface area (Å²) in [5, 5.41) is 2.93. The first kappa shape index (κ1) is 20.5. The van der Waals surface area contributed by atoms with Crippen LogP contribution in [0.1, 0.15) is 64.7 Å². The van der Waals surface area contributed by atoms with Crippen LogP contribution in [-0.2, 0) is 22.0 Å². The van der Waals surface area contributed by atoms with Crippen LogP contribution in [0.25, 0.3) is 0 Å². The Morgan fingerprint density at radius 3 is 1.96 bits per heavy atom. The molecule has 0 saturated carbocycles. The van der Waals surface area contributed by atoms with Crippen molar-refractivity contribution in [3.63, 3.8) is 0 Å². The van der Waals surface area contributed by atoms with E-state index >= 15 is 0 Å². The summed E-state index contributed by atoms with van der Waals surface area (Å²) >= 11 is 0. The van der Waals surface area contributed by atoms with Crippen LogP contribution >= 0.6 is 0 Å². The standard InChI is InChI=1S/C20H34N2O2/c1-19(2,3)15-11-14(13-17(23)22-10-8-9-21)12-16(18(15)24-7)20(4,5)6/h11-12H,8-10,13,21H2,1-7H3,(H,22,23). The van der Waals surface area contributed by atoms with Crippen LogP contribution in [-0.4, -0.2) is 26.1 Å². The third-order valence-electron chi connectivity index (χ3n) is 4.04. The van der Waals surface area contributed by atoms with Crippen LogP contribution < -0.4 is 15.8 Å². The first-order chi connectivity index (χ1) is 11.0. The number of nitrogens with two attached hydrogens (primary N) is 1. The summed E-state index contributed by atoms with van der Waals surface area (Å²) in [6.45, 7) is 14.2. The fraction of sp³-hybridized carbons (Fsp3) is 0.650. The number of benzene rings is 1. The number of methoxy groups -OCH3 is 1. The number of amides is 1. The van der Waals surface area contributed by atoms with Crippen LogP contribution in [0.4, 0.5) is 0 Å². The Kier molecular flexibility index (Phi) is 6.85. The number of nitrogens with one attached hydrogen (secondary N) is 1. The van der Waals surface area contributed by atoms with Gasteiger partial charge in [-0.2, -0.15) is 0 Å². The zero-order chi connectivity index (χ0) is 18.5. The highest BCUT2D eigenvalue weighted by Crippen LogP contribution is 2.40. The lowest BCUT2D eigenvalue weighted by Crippen LogP contribution is -2.28. The topological polar surface area (TPSA) is 64.3 Å². The number of carbonyl (C=O) groups excluding carboxylic acids is 1. The van der Waals surface area contributed by atoms with Crippen LogP contribution in [0.3, 0.4) is 0 Å². The zero-order valence-electron chi connectivity index (χ0n) is 16.4. The second-order valence-electron chi connectivity index (χ2n) is 8.39. The van der Waals surface area contributed by atoms with E-state index in [0.29, 0.717) is 19.5 Å². The predicted octanol–water partition coefficient (Wildman–Crippen LogP) is 3.30. The van der Waals surface area contributed by atoms with Gasteiger partial charge in [-0.1, -0.05) is 53.7 Å². The molecule has 0 aliphatic heterocycles. The molecule has 0 spiro atoms. The lowest BCUT2D eigenvalue weighted by atomic mass is 9.78. The number of carbonyl (C=O) groups is 1. The maximum Gasteiger partial charge on any atom is 0.224 e. The summed E-state index contributed by atoms with van der Waals surface area (Å²) < 4.78 is 5.75. The van der Waals surface area contributed by atoms with E-state index in [1.165, 1.54) is 0 Å². The van der Waals surface area contributed by atoms with Crippen molar-refractivity contribution < 1.29 is 9.53 Å². The van der Waals surface area contributed by atoms with E-state index in [1.807, 2.05) is 0 Å². The van der Waals surface area contributed by atoms with Crippen molar-refractivity contribution >= 4 is 5.91 Å². The van der Waals surface area contributed by atoms with Crippen molar-refractivity contribution in [2.45, 2.75) is 65.2 Å². The molecule has 3 N–H and O–H groups in total. The molecule has 0 heterocycles. The smallest absolute Gasteiger partial charge is 0.224 e. The molecular formula is C20H34N2O2. The number of rotatable bonds is 6. The Morgan fingerprint density at radius 2 is 1.58 bits per heavy atom. The van der Waals surface area contributed by atoms with Gasteiger partial charge in [0.25, 0.3) is 0 Å². The zero-order valence-corrected chi connectivity index (χ0v) is 16.4. The largest absolute Gasteiger partial charge is 0.496 e. The molecule has 0 aliphatic carbocycles. The molecular weight excluding hydrogens is 300 g/mol. The molecule has 1 aromatic carbocycles. The molecule has 0 unspecified atom stereocenters. The Balaban J connectivity index is 3.25. The van der Waals surface area contributed by atoms with Gasteiger partial charge in [-0.25, -0.2) is 0 Å². The minimum atomic E-state index is -0.0582. The molecule has 0 radical (unpaired) electrons. The molecule has 0 aliphatic rings. The van der Waals surface area contributed by atoms with E-state index in [-0.39, 0.29) is 16.7 Å². The number of ether oxygens (including phenoxy) is 1. The molecule has 0 atom stereocenters. The monoisotopic (exact) mass is 334 g/mol. The molecule has 4 heteroatoms. The van der Waals surface area contributed by atoms with Crippen LogP contribution in [0.2, 0.25) is 0 Å². The first-order valence-electron chi connectivity index (χ1n) is 8.69. The van der Waals surface area contributed by atoms with Crippen molar-refractivity contribution in [1.29, 1.82) is 0 Å². The number of hydrogen-bond acceptors (Lipinski definition) is 3. The van der Waals surface area contributed by atoms with E-state index < -0.39 is 0 Å². The van der Waals surface area contributed by atoms with Gasteiger partial charge in [0.2, 0.25) is 5.91 Å². The van der Waals surface area contributed by atoms with Gasteiger partial charge >= 0.3 is 0 Å². The van der Waals surface area contributed by atoms with Crippen LogP contribution in [0.15, 0.2) is 12.1 Å². The van der Waals surface area contributed by atoms with Crippen molar-refractivity contribution in [1.82, 2.24) is 5.32 Å². The molecule has 1 aromatic rings. The normalized spacial score (nSPS) is 12.2. The van der Waals surface area contributed by atoms with Gasteiger partial charge in [0.05, 0.1) is 13.5 Å². The first-order valence-corrected chi connectivity index (χ1v) is 8.69. The summed E-state index contributed by atoms with van der Waals surface area (Å²) in [6.07, 6.45) is 1.18. The van der Waals surface area contributed by atoms with E-state index in [4.69, 9.17) is 10.5 Å². The Bertz CT molecular complexity index is 531. The molecule has 4 nitrogen and oxygen atoms in total. The molecule has 0 fully saturated rings. The van der Waals surface area contributed by atoms with E-state index in [2.05, 4.69) is 59.0 Å². The van der Waals surface area contributed by atoms with Crippen LogP contribution in [0, 0.1) is 0 Å². The third-order valence-corrected chi connectivity index (χ3v) is 4.04. The van der Waals surface area contributed by atoms with Crippen molar-refractivity contribution in [2.24, 2.45) is 5.73 Å². The fourth-order valence-electron chi connectivity index (χ4n) is 2.70. The van der Waals surface area contributed by atoms with E-state index in [9.17, 15) is 4.79 Å². The molecule has 0 bridgehead atoms. The second-order valence-corrected chi connectivity index (χ2v) is 8.39. The third kappa shape index (κ3) is 5.52. The SMILES string of the molecule is COc1c(C(C)(C)C)cc(CC(=O)NCCCN)cc1C(C)(C)C. The van der Waals surface area contributed by atoms with Gasteiger partial charge in [-0.15, -0.1) is 0 Å². The highest BCUT2D eigenvalue weighted by molar-refractivity contribution is 5.79. The summed E-state index contributed by atoms with van der Waals surface area (Å²) in [6, 6.07) is 4.22.